The largest absolute Gasteiger partial charge is 0.382 e. The van der Waals surface area contributed by atoms with Gasteiger partial charge in [-0.3, -0.25) is 9.69 Å². The Hall–Kier alpha value is -1.75. The zero-order chi connectivity index (χ0) is 15.0. The minimum absolute atomic E-state index is 0.0223. The Morgan fingerprint density at radius 2 is 1.95 bits per heavy atom. The number of hydrogen-bond donors (Lipinski definition) is 2. The molecule has 0 bridgehead atoms. The van der Waals surface area contributed by atoms with Crippen LogP contribution in [-0.2, 0) is 0 Å². The molecule has 114 valence electrons. The number of fused-ring (bicyclic) bond motifs is 1. The van der Waals surface area contributed by atoms with Gasteiger partial charge < -0.3 is 15.5 Å². The van der Waals surface area contributed by atoms with Gasteiger partial charge in [-0.15, -0.1) is 0 Å². The van der Waals surface area contributed by atoms with Gasteiger partial charge in [0.25, 0.3) is 5.91 Å². The molecule has 0 aromatic heterocycles. The first-order chi connectivity index (χ1) is 9.99. The van der Waals surface area contributed by atoms with Crippen molar-refractivity contribution in [3.63, 3.8) is 0 Å². The van der Waals surface area contributed by atoms with Gasteiger partial charge in [0.2, 0.25) is 0 Å². The molecule has 0 unspecified atom stereocenters. The first-order valence-corrected chi connectivity index (χ1v) is 7.60. The van der Waals surface area contributed by atoms with Crippen LogP contribution in [0.2, 0.25) is 0 Å². The molecule has 0 radical (unpaired) electrons. The summed E-state index contributed by atoms with van der Waals surface area (Å²) in [7, 11) is 2.12. The van der Waals surface area contributed by atoms with E-state index in [1.54, 1.807) is 0 Å². The third kappa shape index (κ3) is 2.58. The van der Waals surface area contributed by atoms with Crippen LogP contribution in [0.1, 0.15) is 24.2 Å². The van der Waals surface area contributed by atoms with E-state index in [2.05, 4.69) is 36.4 Å². The second-order valence-electron chi connectivity index (χ2n) is 6.54. The van der Waals surface area contributed by atoms with Crippen molar-refractivity contribution in [2.45, 2.75) is 19.4 Å². The van der Waals surface area contributed by atoms with Gasteiger partial charge >= 0.3 is 0 Å². The van der Waals surface area contributed by atoms with Gasteiger partial charge in [0.15, 0.2) is 0 Å². The van der Waals surface area contributed by atoms with Crippen molar-refractivity contribution in [3.05, 3.63) is 23.8 Å². The van der Waals surface area contributed by atoms with Gasteiger partial charge in [0.05, 0.1) is 16.9 Å². The van der Waals surface area contributed by atoms with Crippen LogP contribution in [0.5, 0.6) is 0 Å². The number of nitrogens with one attached hydrogen (secondary N) is 2. The molecule has 1 fully saturated rings. The summed E-state index contributed by atoms with van der Waals surface area (Å²) < 4.78 is 0. The molecule has 0 spiro atoms. The highest BCUT2D eigenvalue weighted by molar-refractivity contribution is 6.02. The topological polar surface area (TPSA) is 47.6 Å². The number of likely N-dealkylation sites (N-methyl/N-ethyl adjacent to an activating group) is 1. The van der Waals surface area contributed by atoms with Gasteiger partial charge in [-0.1, -0.05) is 6.07 Å². The van der Waals surface area contributed by atoms with Crippen LogP contribution in [0.4, 0.5) is 11.4 Å². The van der Waals surface area contributed by atoms with Crippen LogP contribution in [-0.4, -0.2) is 61.0 Å². The summed E-state index contributed by atoms with van der Waals surface area (Å²) in [5, 5.41) is 6.70. The van der Waals surface area contributed by atoms with Crippen LogP contribution in [0.15, 0.2) is 18.2 Å². The summed E-state index contributed by atoms with van der Waals surface area (Å²) >= 11 is 0. The molecular weight excluding hydrogens is 264 g/mol. The molecule has 2 N–H and O–H groups in total. The normalized spacial score (nSPS) is 21.2. The number of hydrogen-bond acceptors (Lipinski definition) is 4. The molecule has 3 rings (SSSR count). The summed E-state index contributed by atoms with van der Waals surface area (Å²) in [6.45, 7) is 8.59. The number of carbonyl (C=O) groups is 1. The van der Waals surface area contributed by atoms with E-state index in [-0.39, 0.29) is 11.4 Å². The van der Waals surface area contributed by atoms with Crippen molar-refractivity contribution in [3.8, 4) is 0 Å². The summed E-state index contributed by atoms with van der Waals surface area (Å²) in [6, 6.07) is 5.89. The summed E-state index contributed by atoms with van der Waals surface area (Å²) in [4.78, 5) is 17.2. The van der Waals surface area contributed by atoms with Crippen molar-refractivity contribution in [1.82, 2.24) is 9.80 Å². The first-order valence-electron chi connectivity index (χ1n) is 7.60. The number of piperazine rings is 1. The molecule has 2 aliphatic rings. The van der Waals surface area contributed by atoms with Crippen LogP contribution in [0.25, 0.3) is 0 Å². The third-order valence-corrected chi connectivity index (χ3v) is 4.64. The molecule has 5 heteroatoms. The number of nitrogens with zero attached hydrogens (tertiary/aromatic N) is 2. The minimum Gasteiger partial charge on any atom is -0.382 e. The molecule has 1 aromatic rings. The predicted molar refractivity (Wildman–Crippen MR) is 86.0 cm³/mol. The minimum atomic E-state index is 0.0223. The van der Waals surface area contributed by atoms with E-state index < -0.39 is 0 Å². The zero-order valence-electron chi connectivity index (χ0n) is 13.1. The maximum atomic E-state index is 12.9. The van der Waals surface area contributed by atoms with Crippen LogP contribution in [0.3, 0.4) is 0 Å². The second kappa shape index (κ2) is 5.22. The molecule has 1 saturated heterocycles. The lowest BCUT2D eigenvalue weighted by atomic mass is 9.98. The fraction of sp³-hybridized carbons (Fsp3) is 0.562. The Kier molecular flexibility index (Phi) is 3.53. The Labute approximate surface area is 126 Å². The van der Waals surface area contributed by atoms with Crippen molar-refractivity contribution < 1.29 is 4.79 Å². The fourth-order valence-electron chi connectivity index (χ4n) is 3.04. The van der Waals surface area contributed by atoms with Gasteiger partial charge in [-0.2, -0.15) is 0 Å². The van der Waals surface area contributed by atoms with E-state index in [0.717, 1.165) is 49.7 Å². The zero-order valence-corrected chi connectivity index (χ0v) is 13.1. The highest BCUT2D eigenvalue weighted by Crippen LogP contribution is 2.30. The number of benzene rings is 1. The Morgan fingerprint density at radius 1 is 1.19 bits per heavy atom. The Morgan fingerprint density at radius 3 is 2.71 bits per heavy atom. The second-order valence-corrected chi connectivity index (χ2v) is 6.54. The highest BCUT2D eigenvalue weighted by Gasteiger charge is 2.34. The van der Waals surface area contributed by atoms with E-state index >= 15 is 0 Å². The summed E-state index contributed by atoms with van der Waals surface area (Å²) in [5.74, 6) is 0.129. The van der Waals surface area contributed by atoms with Gasteiger partial charge in [0.1, 0.15) is 0 Å². The summed E-state index contributed by atoms with van der Waals surface area (Å²) in [6.07, 6.45) is 0. The standard InChI is InChI=1S/C16H24N4O/c1-16(2)11-20(10-9-19(16)3)15(21)12-5-4-6-13-14(12)18-8-7-17-13/h4-6,17-18H,7-11H2,1-3H3. The fourth-order valence-corrected chi connectivity index (χ4v) is 3.04. The average molecular weight is 288 g/mol. The predicted octanol–water partition coefficient (Wildman–Crippen LogP) is 1.69. The first kappa shape index (κ1) is 14.2. The van der Waals surface area contributed by atoms with Crippen molar-refractivity contribution in [2.75, 3.05) is 50.4 Å². The van der Waals surface area contributed by atoms with E-state index in [9.17, 15) is 4.79 Å². The quantitative estimate of drug-likeness (QED) is 0.825. The molecule has 0 aliphatic carbocycles. The lowest BCUT2D eigenvalue weighted by molar-refractivity contribution is 0.0312. The van der Waals surface area contributed by atoms with E-state index in [1.165, 1.54) is 0 Å². The van der Waals surface area contributed by atoms with Crippen molar-refractivity contribution in [2.24, 2.45) is 0 Å². The van der Waals surface area contributed by atoms with Crippen LogP contribution < -0.4 is 10.6 Å². The number of carbonyl (C=O) groups excluding carboxylic acids is 1. The summed E-state index contributed by atoms with van der Waals surface area (Å²) in [5.41, 5.74) is 2.78. The monoisotopic (exact) mass is 288 g/mol. The number of anilines is 2. The van der Waals surface area contributed by atoms with E-state index in [4.69, 9.17) is 0 Å². The van der Waals surface area contributed by atoms with E-state index in [0.29, 0.717) is 0 Å². The maximum Gasteiger partial charge on any atom is 0.256 e. The SMILES string of the molecule is CN1CCN(C(=O)c2cccc3c2NCCN3)CC1(C)C. The Balaban J connectivity index is 1.86. The van der Waals surface area contributed by atoms with E-state index in [1.807, 2.05) is 23.1 Å². The third-order valence-electron chi connectivity index (χ3n) is 4.64. The number of rotatable bonds is 1. The van der Waals surface area contributed by atoms with Crippen LogP contribution in [0, 0.1) is 0 Å². The molecule has 2 aliphatic heterocycles. The van der Waals surface area contributed by atoms with Gasteiger partial charge in [0, 0.05) is 38.3 Å². The molecule has 2 heterocycles. The molecular formula is C16H24N4O. The smallest absolute Gasteiger partial charge is 0.256 e. The van der Waals surface area contributed by atoms with Gasteiger partial charge in [-0.25, -0.2) is 0 Å². The lowest BCUT2D eigenvalue weighted by Crippen LogP contribution is -2.58. The van der Waals surface area contributed by atoms with Gasteiger partial charge in [-0.05, 0) is 33.0 Å². The highest BCUT2D eigenvalue weighted by atomic mass is 16.2. The number of para-hydroxylation sites is 1. The lowest BCUT2D eigenvalue weighted by Gasteiger charge is -2.45. The average Bonchev–Trinajstić information content (AvgIpc) is 2.48. The molecule has 21 heavy (non-hydrogen) atoms. The van der Waals surface area contributed by atoms with Crippen LogP contribution >= 0.6 is 0 Å². The Bertz CT molecular complexity index is 555. The molecule has 1 amide bonds. The van der Waals surface area contributed by atoms with Crippen molar-refractivity contribution >= 4 is 17.3 Å². The molecule has 1 aromatic carbocycles. The number of amides is 1. The molecule has 0 saturated carbocycles. The maximum absolute atomic E-state index is 12.9. The molecule has 0 atom stereocenters. The van der Waals surface area contributed by atoms with Crippen molar-refractivity contribution in [1.29, 1.82) is 0 Å². The molecule has 5 nitrogen and oxygen atoms in total.